The van der Waals surface area contributed by atoms with Crippen LogP contribution in [0.25, 0.3) is 6.08 Å². The largest absolute Gasteiger partial charge is 0.493 e. The third-order valence-electron chi connectivity index (χ3n) is 5.38. The summed E-state index contributed by atoms with van der Waals surface area (Å²) in [6, 6.07) is 8.89. The summed E-state index contributed by atoms with van der Waals surface area (Å²) in [6.07, 6.45) is 2.22. The average molecular weight is 473 g/mol. The van der Waals surface area contributed by atoms with Gasteiger partial charge in [0, 0.05) is 0 Å². The Hall–Kier alpha value is -2.90. The second-order valence-corrected chi connectivity index (χ2v) is 8.34. The SMILES string of the molecule is CC[C@@H](C)Oc1c(Cl)cc(/C=C2\C(=O)NC(=S)N(c3cccc(C)c3C)C2=O)cc1OC. The molecule has 0 spiro atoms. The van der Waals surface area contributed by atoms with E-state index in [1.807, 2.05) is 39.8 Å². The number of ether oxygens (including phenoxy) is 2. The van der Waals surface area contributed by atoms with Crippen LogP contribution in [0.1, 0.15) is 37.0 Å². The summed E-state index contributed by atoms with van der Waals surface area (Å²) in [5.74, 6) is -0.252. The number of halogens is 1. The summed E-state index contributed by atoms with van der Waals surface area (Å²) < 4.78 is 11.3. The highest BCUT2D eigenvalue weighted by atomic mass is 35.5. The van der Waals surface area contributed by atoms with E-state index in [9.17, 15) is 9.59 Å². The number of carbonyl (C=O) groups is 2. The zero-order chi connectivity index (χ0) is 23.6. The van der Waals surface area contributed by atoms with Crippen LogP contribution in [0.4, 0.5) is 5.69 Å². The third-order valence-corrected chi connectivity index (χ3v) is 5.94. The molecule has 6 nitrogen and oxygen atoms in total. The van der Waals surface area contributed by atoms with Gasteiger partial charge >= 0.3 is 0 Å². The van der Waals surface area contributed by atoms with Crippen LogP contribution in [-0.4, -0.2) is 30.1 Å². The molecule has 3 rings (SSSR count). The highest BCUT2D eigenvalue weighted by molar-refractivity contribution is 7.80. The molecule has 32 heavy (non-hydrogen) atoms. The summed E-state index contributed by atoms with van der Waals surface area (Å²) >= 11 is 11.7. The minimum atomic E-state index is -0.573. The predicted octanol–water partition coefficient (Wildman–Crippen LogP) is 4.97. The predicted molar refractivity (Wildman–Crippen MR) is 131 cm³/mol. The minimum Gasteiger partial charge on any atom is -0.493 e. The Balaban J connectivity index is 2.04. The van der Waals surface area contributed by atoms with Gasteiger partial charge in [0.05, 0.1) is 23.9 Å². The first-order chi connectivity index (χ1) is 15.2. The van der Waals surface area contributed by atoms with E-state index in [1.54, 1.807) is 18.2 Å². The molecule has 0 saturated carbocycles. The first-order valence-corrected chi connectivity index (χ1v) is 11.0. The Labute approximate surface area is 198 Å². The number of rotatable bonds is 6. The zero-order valence-corrected chi connectivity index (χ0v) is 20.2. The van der Waals surface area contributed by atoms with Crippen molar-refractivity contribution in [2.45, 2.75) is 40.2 Å². The maximum atomic E-state index is 13.3. The normalized spacial score (nSPS) is 16.2. The molecule has 1 fully saturated rings. The minimum absolute atomic E-state index is 0.0405. The molecule has 0 radical (unpaired) electrons. The highest BCUT2D eigenvalue weighted by Crippen LogP contribution is 2.38. The quantitative estimate of drug-likeness (QED) is 0.365. The van der Waals surface area contributed by atoms with E-state index in [4.69, 9.17) is 33.3 Å². The molecule has 0 unspecified atom stereocenters. The van der Waals surface area contributed by atoms with Gasteiger partial charge in [-0.15, -0.1) is 0 Å². The number of benzene rings is 2. The van der Waals surface area contributed by atoms with Gasteiger partial charge in [0.15, 0.2) is 16.6 Å². The van der Waals surface area contributed by atoms with Crippen molar-refractivity contribution < 1.29 is 19.1 Å². The Morgan fingerprint density at radius 1 is 1.25 bits per heavy atom. The molecule has 8 heteroatoms. The van der Waals surface area contributed by atoms with Crippen molar-refractivity contribution in [1.29, 1.82) is 0 Å². The van der Waals surface area contributed by atoms with E-state index in [2.05, 4.69) is 5.32 Å². The molecule has 0 aromatic heterocycles. The second-order valence-electron chi connectivity index (χ2n) is 7.55. The molecular formula is C24H25ClN2O4S. The summed E-state index contributed by atoms with van der Waals surface area (Å²) in [7, 11) is 1.51. The van der Waals surface area contributed by atoms with E-state index in [0.717, 1.165) is 17.5 Å². The number of hydrogen-bond acceptors (Lipinski definition) is 5. The molecule has 2 amide bonds. The zero-order valence-electron chi connectivity index (χ0n) is 18.6. The van der Waals surface area contributed by atoms with Gasteiger partial charge in [-0.2, -0.15) is 0 Å². The standard InChI is InChI=1S/C24H25ClN2O4S/c1-6-14(3)31-21-18(25)11-16(12-20(21)30-5)10-17-22(28)26-24(32)27(23(17)29)19-9-7-8-13(2)15(19)4/h7-12,14H,6H2,1-5H3,(H,26,28,32)/b17-10+/t14-/m1/s1. The summed E-state index contributed by atoms with van der Waals surface area (Å²) in [6.45, 7) is 7.79. The first kappa shape index (κ1) is 23.8. The maximum absolute atomic E-state index is 13.3. The first-order valence-electron chi connectivity index (χ1n) is 10.2. The van der Waals surface area contributed by atoms with Crippen molar-refractivity contribution in [1.82, 2.24) is 5.32 Å². The maximum Gasteiger partial charge on any atom is 0.270 e. The van der Waals surface area contributed by atoms with Crippen LogP contribution in [0.15, 0.2) is 35.9 Å². The van der Waals surface area contributed by atoms with E-state index in [-0.39, 0.29) is 16.8 Å². The number of thiocarbonyl (C=S) groups is 1. The molecule has 1 saturated heterocycles. The molecule has 0 aliphatic carbocycles. The van der Waals surface area contributed by atoms with Crippen molar-refractivity contribution in [2.24, 2.45) is 0 Å². The number of hydrogen-bond donors (Lipinski definition) is 1. The number of anilines is 1. The highest BCUT2D eigenvalue weighted by Gasteiger charge is 2.35. The van der Waals surface area contributed by atoms with E-state index >= 15 is 0 Å². The lowest BCUT2D eigenvalue weighted by atomic mass is 10.0. The van der Waals surface area contributed by atoms with Gasteiger partial charge < -0.3 is 9.47 Å². The Kier molecular flexibility index (Phi) is 7.21. The number of nitrogens with zero attached hydrogens (tertiary/aromatic N) is 1. The van der Waals surface area contributed by atoms with Gasteiger partial charge in [-0.3, -0.25) is 19.8 Å². The number of aryl methyl sites for hydroxylation is 1. The lowest BCUT2D eigenvalue weighted by molar-refractivity contribution is -0.122. The molecule has 1 N–H and O–H groups in total. The average Bonchev–Trinajstić information content (AvgIpc) is 2.75. The van der Waals surface area contributed by atoms with Crippen LogP contribution in [0.5, 0.6) is 11.5 Å². The van der Waals surface area contributed by atoms with Crippen molar-refractivity contribution in [2.75, 3.05) is 12.0 Å². The van der Waals surface area contributed by atoms with Crippen LogP contribution in [0, 0.1) is 13.8 Å². The Morgan fingerprint density at radius 2 is 1.97 bits per heavy atom. The van der Waals surface area contributed by atoms with E-state index in [0.29, 0.717) is 27.8 Å². The van der Waals surface area contributed by atoms with E-state index < -0.39 is 11.8 Å². The van der Waals surface area contributed by atoms with Crippen molar-refractivity contribution in [3.05, 3.63) is 57.6 Å². The van der Waals surface area contributed by atoms with Gasteiger partial charge in [0.2, 0.25) is 0 Å². The van der Waals surface area contributed by atoms with Crippen LogP contribution in [0.2, 0.25) is 5.02 Å². The molecule has 0 bridgehead atoms. The Bertz CT molecular complexity index is 1130. The molecule has 1 heterocycles. The van der Waals surface area contributed by atoms with Gasteiger partial charge in [-0.25, -0.2) is 0 Å². The van der Waals surface area contributed by atoms with Crippen molar-refractivity contribution in [3.8, 4) is 11.5 Å². The number of amides is 2. The molecule has 1 atom stereocenters. The van der Waals surface area contributed by atoms with Crippen LogP contribution in [-0.2, 0) is 9.59 Å². The number of methoxy groups -OCH3 is 1. The molecule has 1 aliphatic rings. The van der Waals surface area contributed by atoms with Gasteiger partial charge in [0.1, 0.15) is 5.57 Å². The lowest BCUT2D eigenvalue weighted by Gasteiger charge is -2.30. The van der Waals surface area contributed by atoms with Crippen LogP contribution < -0.4 is 19.7 Å². The van der Waals surface area contributed by atoms with Crippen LogP contribution >= 0.6 is 23.8 Å². The third kappa shape index (κ3) is 4.64. The molecule has 1 aliphatic heterocycles. The fourth-order valence-electron chi connectivity index (χ4n) is 3.24. The fourth-order valence-corrected chi connectivity index (χ4v) is 3.78. The Morgan fingerprint density at radius 3 is 2.62 bits per heavy atom. The monoisotopic (exact) mass is 472 g/mol. The second kappa shape index (κ2) is 9.71. The van der Waals surface area contributed by atoms with Crippen molar-refractivity contribution in [3.63, 3.8) is 0 Å². The summed E-state index contributed by atoms with van der Waals surface area (Å²) in [5.41, 5.74) is 2.99. The summed E-state index contributed by atoms with van der Waals surface area (Å²) in [4.78, 5) is 27.3. The molecule has 2 aromatic carbocycles. The molecule has 2 aromatic rings. The van der Waals surface area contributed by atoms with E-state index in [1.165, 1.54) is 18.1 Å². The lowest BCUT2D eigenvalue weighted by Crippen LogP contribution is -2.54. The fraction of sp³-hybridized carbons (Fsp3) is 0.292. The number of nitrogens with one attached hydrogen (secondary N) is 1. The van der Waals surface area contributed by atoms with Crippen molar-refractivity contribution >= 4 is 52.5 Å². The molecule has 168 valence electrons. The number of carbonyl (C=O) groups excluding carboxylic acids is 2. The van der Waals surface area contributed by atoms with Crippen LogP contribution in [0.3, 0.4) is 0 Å². The van der Waals surface area contributed by atoms with Gasteiger partial charge in [0.25, 0.3) is 11.8 Å². The van der Waals surface area contributed by atoms with Gasteiger partial charge in [-0.1, -0.05) is 30.7 Å². The topological polar surface area (TPSA) is 67.9 Å². The molecular weight excluding hydrogens is 448 g/mol. The van der Waals surface area contributed by atoms with Gasteiger partial charge in [-0.05, 0) is 80.4 Å². The summed E-state index contributed by atoms with van der Waals surface area (Å²) in [5, 5.41) is 2.97. The smallest absolute Gasteiger partial charge is 0.270 e.